The summed E-state index contributed by atoms with van der Waals surface area (Å²) in [6, 6.07) is -1.38. The van der Waals surface area contributed by atoms with E-state index in [0.29, 0.717) is 0 Å². The highest BCUT2D eigenvalue weighted by Gasteiger charge is 2.38. The van der Waals surface area contributed by atoms with Crippen LogP contribution in [0.5, 0.6) is 0 Å². The van der Waals surface area contributed by atoms with Gasteiger partial charge in [0.25, 0.3) is 0 Å². The van der Waals surface area contributed by atoms with Gasteiger partial charge in [-0.05, 0) is 0 Å². The minimum Gasteiger partial charge on any atom is -0.480 e. The first-order valence-electron chi connectivity index (χ1n) is 4.95. The van der Waals surface area contributed by atoms with Crippen LogP contribution in [0.2, 0.25) is 0 Å². The van der Waals surface area contributed by atoms with Crippen LogP contribution in [0.1, 0.15) is 20.3 Å². The molecule has 0 aliphatic carbocycles. The van der Waals surface area contributed by atoms with E-state index in [1.165, 1.54) is 7.05 Å². The lowest BCUT2D eigenvalue weighted by molar-refractivity contribution is -0.141. The molecule has 0 aromatic carbocycles. The quantitative estimate of drug-likeness (QED) is 0.572. The molecule has 0 saturated carbocycles. The number of carboxylic acid groups (broad SMARTS) is 1. The molecular weight excluding hydrogens is 200 g/mol. The Balaban J connectivity index is 0.000000921. The molecule has 0 spiro atoms. The van der Waals surface area contributed by atoms with Crippen LogP contribution in [-0.2, 0) is 4.79 Å². The highest BCUT2D eigenvalue weighted by Crippen LogP contribution is 2.17. The second kappa shape index (κ2) is 6.23. The van der Waals surface area contributed by atoms with E-state index in [9.17, 15) is 14.7 Å². The minimum absolute atomic E-state index is 0.0800. The second-order valence-electron chi connectivity index (χ2n) is 2.95. The van der Waals surface area contributed by atoms with Crippen LogP contribution in [0.25, 0.3) is 0 Å². The van der Waals surface area contributed by atoms with E-state index in [1.54, 1.807) is 0 Å². The topological polar surface area (TPSA) is 89.9 Å². The predicted molar refractivity (Wildman–Crippen MR) is 54.6 cm³/mol. The molecule has 1 fully saturated rings. The van der Waals surface area contributed by atoms with Crippen LogP contribution in [-0.4, -0.2) is 52.9 Å². The van der Waals surface area contributed by atoms with Crippen molar-refractivity contribution in [1.29, 1.82) is 0 Å². The number of urea groups is 1. The van der Waals surface area contributed by atoms with Gasteiger partial charge in [0.1, 0.15) is 6.04 Å². The molecule has 1 saturated heterocycles. The number of likely N-dealkylation sites (tertiary alicyclic amines) is 1. The fourth-order valence-corrected chi connectivity index (χ4v) is 1.42. The number of amides is 2. The van der Waals surface area contributed by atoms with E-state index >= 15 is 0 Å². The molecule has 6 nitrogen and oxygen atoms in total. The van der Waals surface area contributed by atoms with Gasteiger partial charge in [-0.25, -0.2) is 9.59 Å². The van der Waals surface area contributed by atoms with E-state index in [2.05, 4.69) is 5.32 Å². The summed E-state index contributed by atoms with van der Waals surface area (Å²) in [7, 11) is 1.42. The standard InChI is InChI=1S/C7H12N2O4.C2H6/c1-8-7(13)9-3-4(10)2-5(9)6(11)12;1-2/h4-5,10H,2-3H2,1H3,(H,8,13)(H,11,12);1-2H3. The van der Waals surface area contributed by atoms with Crippen LogP contribution in [0, 0.1) is 0 Å². The summed E-state index contributed by atoms with van der Waals surface area (Å²) in [5.41, 5.74) is 0. The fraction of sp³-hybridized carbons (Fsp3) is 0.778. The monoisotopic (exact) mass is 218 g/mol. The molecular formula is C9H18N2O4. The van der Waals surface area contributed by atoms with E-state index in [4.69, 9.17) is 5.11 Å². The number of aliphatic hydroxyl groups is 1. The normalized spacial score (nSPS) is 24.1. The number of carbonyl (C=O) groups excluding carboxylic acids is 1. The molecule has 1 heterocycles. The number of β-amino-alcohol motifs (C(OH)–C–C–N with tert-alkyl or cyclic N) is 1. The lowest BCUT2D eigenvalue weighted by Crippen LogP contribution is -2.44. The van der Waals surface area contributed by atoms with Crippen molar-refractivity contribution in [2.45, 2.75) is 32.4 Å². The van der Waals surface area contributed by atoms with E-state index in [1.807, 2.05) is 13.8 Å². The molecule has 0 radical (unpaired) electrons. The Hall–Kier alpha value is -1.30. The third kappa shape index (κ3) is 3.39. The first-order valence-corrected chi connectivity index (χ1v) is 4.95. The smallest absolute Gasteiger partial charge is 0.326 e. The number of aliphatic hydroxyl groups excluding tert-OH is 1. The predicted octanol–water partition coefficient (Wildman–Crippen LogP) is -0.128. The highest BCUT2D eigenvalue weighted by molar-refractivity contribution is 5.83. The Morgan fingerprint density at radius 1 is 1.40 bits per heavy atom. The Morgan fingerprint density at radius 2 is 1.93 bits per heavy atom. The highest BCUT2D eigenvalue weighted by atomic mass is 16.4. The van der Waals surface area contributed by atoms with E-state index in [-0.39, 0.29) is 13.0 Å². The molecule has 88 valence electrons. The number of rotatable bonds is 1. The third-order valence-electron chi connectivity index (χ3n) is 2.04. The lowest BCUT2D eigenvalue weighted by Gasteiger charge is -2.19. The molecule has 0 aromatic heterocycles. The lowest BCUT2D eigenvalue weighted by atomic mass is 10.2. The second-order valence-corrected chi connectivity index (χ2v) is 2.95. The molecule has 15 heavy (non-hydrogen) atoms. The van der Waals surface area contributed by atoms with Crippen LogP contribution in [0.15, 0.2) is 0 Å². The average Bonchev–Trinajstić information content (AvgIpc) is 2.62. The fourth-order valence-electron chi connectivity index (χ4n) is 1.42. The maximum atomic E-state index is 11.1. The summed E-state index contributed by atoms with van der Waals surface area (Å²) >= 11 is 0. The number of carbonyl (C=O) groups is 2. The molecule has 3 N–H and O–H groups in total. The van der Waals surface area contributed by atoms with Gasteiger partial charge in [-0.3, -0.25) is 0 Å². The van der Waals surface area contributed by atoms with Gasteiger partial charge in [-0.15, -0.1) is 0 Å². The summed E-state index contributed by atoms with van der Waals surface area (Å²) in [4.78, 5) is 22.9. The van der Waals surface area contributed by atoms with Gasteiger partial charge in [0.2, 0.25) is 0 Å². The summed E-state index contributed by atoms with van der Waals surface area (Å²) in [6.07, 6.45) is -0.638. The number of nitrogens with one attached hydrogen (secondary N) is 1. The van der Waals surface area contributed by atoms with Crippen LogP contribution in [0.3, 0.4) is 0 Å². The molecule has 2 atom stereocenters. The van der Waals surface area contributed by atoms with Gasteiger partial charge in [0.15, 0.2) is 0 Å². The van der Waals surface area contributed by atoms with Gasteiger partial charge in [0.05, 0.1) is 6.10 Å². The summed E-state index contributed by atoms with van der Waals surface area (Å²) < 4.78 is 0. The molecule has 1 rings (SSSR count). The SMILES string of the molecule is CC.CNC(=O)N1CC(O)CC1C(=O)O. The van der Waals surface area contributed by atoms with Gasteiger partial charge in [-0.2, -0.15) is 0 Å². The zero-order valence-corrected chi connectivity index (χ0v) is 9.23. The van der Waals surface area contributed by atoms with Crippen LogP contribution < -0.4 is 5.32 Å². The van der Waals surface area contributed by atoms with E-state index < -0.39 is 24.1 Å². The Bertz CT molecular complexity index is 232. The van der Waals surface area contributed by atoms with Crippen molar-refractivity contribution in [1.82, 2.24) is 10.2 Å². The minimum atomic E-state index is -1.08. The number of hydrogen-bond acceptors (Lipinski definition) is 3. The molecule has 0 aromatic rings. The summed E-state index contributed by atoms with van der Waals surface area (Å²) in [5, 5.41) is 20.2. The maximum absolute atomic E-state index is 11.1. The molecule has 6 heteroatoms. The zero-order valence-electron chi connectivity index (χ0n) is 9.23. The molecule has 2 amide bonds. The van der Waals surface area contributed by atoms with Crippen molar-refractivity contribution in [3.05, 3.63) is 0 Å². The molecule has 1 aliphatic heterocycles. The average molecular weight is 218 g/mol. The van der Waals surface area contributed by atoms with Crippen molar-refractivity contribution >= 4 is 12.0 Å². The van der Waals surface area contributed by atoms with E-state index in [0.717, 1.165) is 4.90 Å². The summed E-state index contributed by atoms with van der Waals surface area (Å²) in [5.74, 6) is -1.08. The van der Waals surface area contributed by atoms with Crippen molar-refractivity contribution in [3.63, 3.8) is 0 Å². The maximum Gasteiger partial charge on any atom is 0.326 e. The Labute approximate surface area is 88.9 Å². The van der Waals surface area contributed by atoms with Crippen molar-refractivity contribution in [2.75, 3.05) is 13.6 Å². The van der Waals surface area contributed by atoms with Crippen LogP contribution >= 0.6 is 0 Å². The third-order valence-corrected chi connectivity index (χ3v) is 2.04. The van der Waals surface area contributed by atoms with Gasteiger partial charge in [0, 0.05) is 20.0 Å². The number of hydrogen-bond donors (Lipinski definition) is 3. The number of carboxylic acids is 1. The largest absolute Gasteiger partial charge is 0.480 e. The summed E-state index contributed by atoms with van der Waals surface area (Å²) in [6.45, 7) is 4.08. The van der Waals surface area contributed by atoms with Gasteiger partial charge in [-0.1, -0.05) is 13.8 Å². The first kappa shape index (κ1) is 13.7. The van der Waals surface area contributed by atoms with Gasteiger partial charge >= 0.3 is 12.0 Å². The molecule has 2 unspecified atom stereocenters. The van der Waals surface area contributed by atoms with Crippen molar-refractivity contribution in [2.24, 2.45) is 0 Å². The Kier molecular flexibility index (Phi) is 5.69. The number of aliphatic carboxylic acids is 1. The Morgan fingerprint density at radius 3 is 2.33 bits per heavy atom. The molecule has 1 aliphatic rings. The van der Waals surface area contributed by atoms with Crippen molar-refractivity contribution in [3.8, 4) is 0 Å². The van der Waals surface area contributed by atoms with Crippen LogP contribution in [0.4, 0.5) is 4.79 Å². The van der Waals surface area contributed by atoms with Crippen molar-refractivity contribution < 1.29 is 19.8 Å². The number of nitrogens with zero attached hydrogens (tertiary/aromatic N) is 1. The molecule has 0 bridgehead atoms. The zero-order chi connectivity index (χ0) is 12.0. The first-order chi connectivity index (χ1) is 7.06. The van der Waals surface area contributed by atoms with Gasteiger partial charge < -0.3 is 20.4 Å².